The minimum Gasteiger partial charge on any atom is -0.496 e. The number of para-hydroxylation sites is 1. The molecule has 4 nitrogen and oxygen atoms in total. The van der Waals surface area contributed by atoms with Gasteiger partial charge in [-0.25, -0.2) is 0 Å². The number of amides is 1. The molecule has 0 aromatic heterocycles. The largest absolute Gasteiger partial charge is 0.496 e. The highest BCUT2D eigenvalue weighted by atomic mass is 16.5. The van der Waals surface area contributed by atoms with Gasteiger partial charge in [-0.15, -0.1) is 0 Å². The van der Waals surface area contributed by atoms with Gasteiger partial charge in [-0.05, 0) is 44.4 Å². The van der Waals surface area contributed by atoms with Crippen LogP contribution in [0.5, 0.6) is 5.75 Å². The van der Waals surface area contributed by atoms with E-state index in [0.717, 1.165) is 32.2 Å². The first-order valence-electron chi connectivity index (χ1n) is 7.81. The minimum atomic E-state index is 0.0550. The summed E-state index contributed by atoms with van der Waals surface area (Å²) in [6, 6.07) is 8.38. The normalized spacial score (nSPS) is 21.9. The number of benzene rings is 1. The molecule has 0 atom stereocenters. The molecule has 0 bridgehead atoms. The fraction of sp³-hybridized carbons (Fsp3) is 0.588. The van der Waals surface area contributed by atoms with Gasteiger partial charge in [-0.2, -0.15) is 0 Å². The Morgan fingerprint density at radius 2 is 1.95 bits per heavy atom. The van der Waals surface area contributed by atoms with E-state index in [1.807, 2.05) is 36.2 Å². The number of carbonyl (C=O) groups is 1. The van der Waals surface area contributed by atoms with Gasteiger partial charge in [0, 0.05) is 19.1 Å². The number of ether oxygens (including phenoxy) is 1. The molecule has 4 heteroatoms. The molecule has 0 heterocycles. The monoisotopic (exact) mass is 290 g/mol. The molecular weight excluding hydrogens is 264 g/mol. The molecule has 0 unspecified atom stereocenters. The van der Waals surface area contributed by atoms with Crippen molar-refractivity contribution < 1.29 is 9.53 Å². The van der Waals surface area contributed by atoms with E-state index in [1.54, 1.807) is 7.11 Å². The summed E-state index contributed by atoms with van der Waals surface area (Å²) in [5, 5.41) is 3.50. The van der Waals surface area contributed by atoms with Crippen LogP contribution in [0.15, 0.2) is 24.3 Å². The molecule has 0 saturated heterocycles. The molecule has 1 saturated carbocycles. The number of nitrogens with zero attached hydrogens (tertiary/aromatic N) is 1. The van der Waals surface area contributed by atoms with Crippen LogP contribution in [0.4, 0.5) is 0 Å². The first-order valence-corrected chi connectivity index (χ1v) is 7.81. The fourth-order valence-electron chi connectivity index (χ4n) is 3.13. The summed E-state index contributed by atoms with van der Waals surface area (Å²) in [7, 11) is 3.51. The predicted molar refractivity (Wildman–Crippen MR) is 84.8 cm³/mol. The molecule has 0 spiro atoms. The maximum atomic E-state index is 12.7. The Bertz CT molecular complexity index is 468. The molecule has 1 aromatic carbocycles. The highest BCUT2D eigenvalue weighted by Crippen LogP contribution is 2.26. The van der Waals surface area contributed by atoms with Crippen molar-refractivity contribution in [2.24, 2.45) is 0 Å². The third-order valence-electron chi connectivity index (χ3n) is 4.39. The molecule has 1 N–H and O–H groups in total. The predicted octanol–water partition coefficient (Wildman–Crippen LogP) is 2.69. The highest BCUT2D eigenvalue weighted by molar-refractivity contribution is 5.97. The maximum Gasteiger partial charge on any atom is 0.257 e. The van der Waals surface area contributed by atoms with Gasteiger partial charge in [0.15, 0.2) is 0 Å². The lowest BCUT2D eigenvalue weighted by Gasteiger charge is -2.35. The van der Waals surface area contributed by atoms with Crippen LogP contribution in [0.1, 0.15) is 43.0 Å². The lowest BCUT2D eigenvalue weighted by molar-refractivity contribution is 0.0681. The van der Waals surface area contributed by atoms with E-state index in [4.69, 9.17) is 4.74 Å². The zero-order chi connectivity index (χ0) is 15.2. The number of methoxy groups -OCH3 is 1. The summed E-state index contributed by atoms with van der Waals surface area (Å²) in [5.74, 6) is 0.704. The van der Waals surface area contributed by atoms with Gasteiger partial charge in [0.2, 0.25) is 0 Å². The standard InChI is InChI=1S/C17H26N2O2/c1-4-18-13-9-11-14(12-10-13)19(2)17(20)15-7-5-6-8-16(15)21-3/h5-8,13-14,18H,4,9-12H2,1-3H3. The van der Waals surface area contributed by atoms with Crippen molar-refractivity contribution in [3.8, 4) is 5.75 Å². The lowest BCUT2D eigenvalue weighted by Crippen LogP contribution is -2.43. The lowest BCUT2D eigenvalue weighted by atomic mass is 9.90. The second-order valence-electron chi connectivity index (χ2n) is 5.68. The van der Waals surface area contributed by atoms with Crippen molar-refractivity contribution in [3.63, 3.8) is 0 Å². The molecule has 1 aliphatic rings. The Morgan fingerprint density at radius 1 is 1.29 bits per heavy atom. The van der Waals surface area contributed by atoms with Crippen LogP contribution in [-0.2, 0) is 0 Å². The first-order chi connectivity index (χ1) is 10.2. The Hall–Kier alpha value is -1.55. The van der Waals surface area contributed by atoms with Gasteiger partial charge >= 0.3 is 0 Å². The van der Waals surface area contributed by atoms with E-state index in [0.29, 0.717) is 23.4 Å². The maximum absolute atomic E-state index is 12.7. The molecule has 21 heavy (non-hydrogen) atoms. The number of rotatable bonds is 5. The summed E-state index contributed by atoms with van der Waals surface area (Å²) in [5.41, 5.74) is 0.649. The van der Waals surface area contributed by atoms with Gasteiger partial charge < -0.3 is 15.0 Å². The zero-order valence-electron chi connectivity index (χ0n) is 13.3. The van der Waals surface area contributed by atoms with Crippen molar-refractivity contribution >= 4 is 5.91 Å². The van der Waals surface area contributed by atoms with Crippen molar-refractivity contribution in [1.82, 2.24) is 10.2 Å². The third-order valence-corrected chi connectivity index (χ3v) is 4.39. The van der Waals surface area contributed by atoms with E-state index in [2.05, 4.69) is 12.2 Å². The molecule has 1 aliphatic carbocycles. The first kappa shape index (κ1) is 15.8. The van der Waals surface area contributed by atoms with Crippen LogP contribution in [0.2, 0.25) is 0 Å². The number of nitrogens with one attached hydrogen (secondary N) is 1. The van der Waals surface area contributed by atoms with Crippen LogP contribution in [-0.4, -0.2) is 43.6 Å². The van der Waals surface area contributed by atoms with Crippen molar-refractivity contribution in [3.05, 3.63) is 29.8 Å². The van der Waals surface area contributed by atoms with E-state index >= 15 is 0 Å². The van der Waals surface area contributed by atoms with E-state index in [9.17, 15) is 4.79 Å². The Balaban J connectivity index is 2.00. The summed E-state index contributed by atoms with van der Waals surface area (Å²) in [6.07, 6.45) is 4.41. The van der Waals surface area contributed by atoms with Gasteiger partial charge in [0.05, 0.1) is 12.7 Å². The summed E-state index contributed by atoms with van der Waals surface area (Å²) >= 11 is 0. The zero-order valence-corrected chi connectivity index (χ0v) is 13.3. The molecule has 0 radical (unpaired) electrons. The second kappa shape index (κ2) is 7.46. The molecular formula is C17H26N2O2. The Kier molecular flexibility index (Phi) is 5.62. The molecule has 0 aliphatic heterocycles. The molecule has 1 fully saturated rings. The number of hydrogen-bond donors (Lipinski definition) is 1. The quantitative estimate of drug-likeness (QED) is 0.906. The van der Waals surface area contributed by atoms with Crippen molar-refractivity contribution in [2.75, 3.05) is 20.7 Å². The fourth-order valence-corrected chi connectivity index (χ4v) is 3.13. The van der Waals surface area contributed by atoms with Gasteiger partial charge in [0.25, 0.3) is 5.91 Å². The van der Waals surface area contributed by atoms with Gasteiger partial charge in [0.1, 0.15) is 5.75 Å². The summed E-state index contributed by atoms with van der Waals surface area (Å²) in [4.78, 5) is 14.6. The molecule has 1 aromatic rings. The molecule has 2 rings (SSSR count). The van der Waals surface area contributed by atoms with Crippen LogP contribution >= 0.6 is 0 Å². The average molecular weight is 290 g/mol. The SMILES string of the molecule is CCNC1CCC(N(C)C(=O)c2ccccc2OC)CC1. The summed E-state index contributed by atoms with van der Waals surface area (Å²) < 4.78 is 5.30. The molecule has 116 valence electrons. The second-order valence-corrected chi connectivity index (χ2v) is 5.68. The highest BCUT2D eigenvalue weighted by Gasteiger charge is 2.27. The van der Waals surface area contributed by atoms with Crippen LogP contribution in [0.3, 0.4) is 0 Å². The summed E-state index contributed by atoms with van der Waals surface area (Å²) in [6.45, 7) is 3.16. The van der Waals surface area contributed by atoms with Crippen LogP contribution < -0.4 is 10.1 Å². The third kappa shape index (κ3) is 3.76. The minimum absolute atomic E-state index is 0.0550. The number of hydrogen-bond acceptors (Lipinski definition) is 3. The van der Waals surface area contributed by atoms with Crippen molar-refractivity contribution in [2.45, 2.75) is 44.7 Å². The van der Waals surface area contributed by atoms with Crippen LogP contribution in [0.25, 0.3) is 0 Å². The average Bonchev–Trinajstić information content (AvgIpc) is 2.54. The Morgan fingerprint density at radius 3 is 2.57 bits per heavy atom. The van der Waals surface area contributed by atoms with Crippen molar-refractivity contribution in [1.29, 1.82) is 0 Å². The van der Waals surface area contributed by atoms with Gasteiger partial charge in [-0.1, -0.05) is 19.1 Å². The topological polar surface area (TPSA) is 41.6 Å². The molecule has 1 amide bonds. The van der Waals surface area contributed by atoms with E-state index in [1.165, 1.54) is 0 Å². The van der Waals surface area contributed by atoms with Gasteiger partial charge in [-0.3, -0.25) is 4.79 Å². The van der Waals surface area contributed by atoms with E-state index < -0.39 is 0 Å². The number of carbonyl (C=O) groups excluding carboxylic acids is 1. The van der Waals surface area contributed by atoms with Crippen LogP contribution in [0, 0.1) is 0 Å². The Labute approximate surface area is 127 Å². The van der Waals surface area contributed by atoms with E-state index in [-0.39, 0.29) is 5.91 Å². The smallest absolute Gasteiger partial charge is 0.257 e.